The predicted molar refractivity (Wildman–Crippen MR) is 82.5 cm³/mol. The molecule has 1 aromatic heterocycles. The molecule has 0 saturated carbocycles. The molecule has 2 rings (SSSR count). The molecule has 2 N–H and O–H groups in total. The first-order valence-electron chi connectivity index (χ1n) is 7.19. The van der Waals surface area contributed by atoms with Crippen LogP contribution in [0.2, 0.25) is 0 Å². The van der Waals surface area contributed by atoms with Crippen LogP contribution < -0.4 is 15.5 Å². The summed E-state index contributed by atoms with van der Waals surface area (Å²) in [6.07, 6.45) is 2.42. The summed E-state index contributed by atoms with van der Waals surface area (Å²) in [7, 11) is 5.96. The highest BCUT2D eigenvalue weighted by Crippen LogP contribution is 2.18. The van der Waals surface area contributed by atoms with Gasteiger partial charge in [0.1, 0.15) is 0 Å². The van der Waals surface area contributed by atoms with E-state index >= 15 is 0 Å². The maximum atomic E-state index is 4.53. The van der Waals surface area contributed by atoms with Crippen molar-refractivity contribution in [2.24, 2.45) is 0 Å². The van der Waals surface area contributed by atoms with E-state index in [0.717, 1.165) is 25.6 Å². The third-order valence-electron chi connectivity index (χ3n) is 3.67. The normalized spacial score (nSPS) is 16.6. The largest absolute Gasteiger partial charge is 0.357 e. The molecule has 0 spiro atoms. The Bertz CT molecular complexity index is 429. The second-order valence-corrected chi connectivity index (χ2v) is 5.42. The van der Waals surface area contributed by atoms with E-state index in [1.54, 1.807) is 0 Å². The first kappa shape index (κ1) is 14.8. The predicted octanol–water partition coefficient (Wildman–Crippen LogP) is 0.875. The van der Waals surface area contributed by atoms with Crippen molar-refractivity contribution in [1.29, 1.82) is 0 Å². The zero-order chi connectivity index (χ0) is 14.5. The third kappa shape index (κ3) is 3.69. The van der Waals surface area contributed by atoms with Gasteiger partial charge in [0.15, 0.2) is 0 Å². The Morgan fingerprint density at radius 1 is 1.15 bits per heavy atom. The Labute approximate surface area is 120 Å². The Morgan fingerprint density at radius 3 is 2.40 bits per heavy atom. The molecular weight excluding hydrogens is 254 g/mol. The number of hydrogen-bond donors (Lipinski definition) is 2. The highest BCUT2D eigenvalue weighted by atomic mass is 15.3. The van der Waals surface area contributed by atoms with Crippen molar-refractivity contribution < 1.29 is 0 Å². The van der Waals surface area contributed by atoms with Crippen LogP contribution in [0.5, 0.6) is 0 Å². The van der Waals surface area contributed by atoms with Crippen molar-refractivity contribution >= 4 is 17.8 Å². The van der Waals surface area contributed by atoms with Crippen LogP contribution in [-0.2, 0) is 0 Å². The minimum Gasteiger partial charge on any atom is -0.357 e. The second kappa shape index (κ2) is 6.69. The summed E-state index contributed by atoms with van der Waals surface area (Å²) in [4.78, 5) is 17.7. The molecule has 2 heterocycles. The van der Waals surface area contributed by atoms with E-state index in [0.29, 0.717) is 17.9 Å². The first-order chi connectivity index (χ1) is 9.60. The molecular formula is C13H25N7. The lowest BCUT2D eigenvalue weighted by Gasteiger charge is -2.21. The monoisotopic (exact) mass is 279 g/mol. The van der Waals surface area contributed by atoms with Crippen LogP contribution in [0.15, 0.2) is 0 Å². The molecule has 1 aromatic rings. The smallest absolute Gasteiger partial charge is 0.231 e. The maximum Gasteiger partial charge on any atom is 0.231 e. The van der Waals surface area contributed by atoms with Crippen LogP contribution in [0, 0.1) is 0 Å². The fourth-order valence-electron chi connectivity index (χ4n) is 2.04. The summed E-state index contributed by atoms with van der Waals surface area (Å²) in [6, 6.07) is 0.417. The SMILES string of the molecule is CNc1nc(NCC(C)N(C)C)nc(N2CCCC2)n1. The highest BCUT2D eigenvalue weighted by molar-refractivity contribution is 5.44. The number of rotatable bonds is 6. The van der Waals surface area contributed by atoms with Crippen molar-refractivity contribution in [3.05, 3.63) is 0 Å². The Balaban J connectivity index is 2.09. The zero-order valence-electron chi connectivity index (χ0n) is 12.8. The molecule has 0 aromatic carbocycles. The average Bonchev–Trinajstić information content (AvgIpc) is 2.98. The molecule has 0 amide bonds. The van der Waals surface area contributed by atoms with Crippen LogP contribution in [-0.4, -0.2) is 66.7 Å². The lowest BCUT2D eigenvalue weighted by atomic mass is 10.3. The van der Waals surface area contributed by atoms with Gasteiger partial charge in [-0.3, -0.25) is 0 Å². The fourth-order valence-corrected chi connectivity index (χ4v) is 2.04. The highest BCUT2D eigenvalue weighted by Gasteiger charge is 2.17. The summed E-state index contributed by atoms with van der Waals surface area (Å²) < 4.78 is 0. The lowest BCUT2D eigenvalue weighted by molar-refractivity contribution is 0.325. The van der Waals surface area contributed by atoms with Crippen molar-refractivity contribution in [2.45, 2.75) is 25.8 Å². The molecule has 1 aliphatic rings. The van der Waals surface area contributed by atoms with Gasteiger partial charge in [-0.2, -0.15) is 15.0 Å². The van der Waals surface area contributed by atoms with E-state index in [9.17, 15) is 0 Å². The van der Waals surface area contributed by atoms with Gasteiger partial charge >= 0.3 is 0 Å². The molecule has 1 fully saturated rings. The lowest BCUT2D eigenvalue weighted by Crippen LogP contribution is -2.32. The van der Waals surface area contributed by atoms with E-state index in [2.05, 4.69) is 56.4 Å². The summed E-state index contributed by atoms with van der Waals surface area (Å²) in [5.41, 5.74) is 0. The number of anilines is 3. The van der Waals surface area contributed by atoms with E-state index < -0.39 is 0 Å². The van der Waals surface area contributed by atoms with E-state index in [4.69, 9.17) is 0 Å². The summed E-state index contributed by atoms with van der Waals surface area (Å²) in [6.45, 7) is 5.02. The zero-order valence-corrected chi connectivity index (χ0v) is 12.8. The van der Waals surface area contributed by atoms with Gasteiger partial charge in [0.05, 0.1) is 0 Å². The molecule has 1 atom stereocenters. The standard InChI is InChI=1S/C13H25N7/c1-10(19(3)4)9-15-12-16-11(14-2)17-13(18-12)20-7-5-6-8-20/h10H,5-9H2,1-4H3,(H2,14,15,16,17,18). The second-order valence-electron chi connectivity index (χ2n) is 5.42. The van der Waals surface area contributed by atoms with Gasteiger partial charge in [-0.15, -0.1) is 0 Å². The topological polar surface area (TPSA) is 69.2 Å². The number of hydrogen-bond acceptors (Lipinski definition) is 7. The van der Waals surface area contributed by atoms with Gasteiger partial charge in [-0.25, -0.2) is 0 Å². The van der Waals surface area contributed by atoms with Crippen LogP contribution in [0.3, 0.4) is 0 Å². The number of nitrogens with one attached hydrogen (secondary N) is 2. The van der Waals surface area contributed by atoms with Crippen LogP contribution in [0.4, 0.5) is 17.8 Å². The Morgan fingerprint density at radius 2 is 1.80 bits per heavy atom. The minimum atomic E-state index is 0.417. The molecule has 112 valence electrons. The fraction of sp³-hybridized carbons (Fsp3) is 0.769. The molecule has 1 saturated heterocycles. The Kier molecular flexibility index (Phi) is 4.94. The number of nitrogens with zero attached hydrogens (tertiary/aromatic N) is 5. The maximum absolute atomic E-state index is 4.53. The van der Waals surface area contributed by atoms with Crippen LogP contribution in [0.1, 0.15) is 19.8 Å². The summed E-state index contributed by atoms with van der Waals surface area (Å²) >= 11 is 0. The van der Waals surface area contributed by atoms with E-state index in [1.807, 2.05) is 7.05 Å². The van der Waals surface area contributed by atoms with Crippen molar-refractivity contribution in [3.8, 4) is 0 Å². The summed E-state index contributed by atoms with van der Waals surface area (Å²) in [5, 5.41) is 6.30. The van der Waals surface area contributed by atoms with Gasteiger partial charge in [0.2, 0.25) is 17.8 Å². The molecule has 20 heavy (non-hydrogen) atoms. The van der Waals surface area contributed by atoms with Crippen LogP contribution >= 0.6 is 0 Å². The molecule has 0 bridgehead atoms. The van der Waals surface area contributed by atoms with Crippen molar-refractivity contribution in [1.82, 2.24) is 19.9 Å². The van der Waals surface area contributed by atoms with Gasteiger partial charge < -0.3 is 20.4 Å². The van der Waals surface area contributed by atoms with E-state index in [1.165, 1.54) is 12.8 Å². The molecule has 1 unspecified atom stereocenters. The third-order valence-corrected chi connectivity index (χ3v) is 3.67. The van der Waals surface area contributed by atoms with Gasteiger partial charge in [-0.1, -0.05) is 0 Å². The molecule has 7 nitrogen and oxygen atoms in total. The Hall–Kier alpha value is -1.63. The average molecular weight is 279 g/mol. The number of aromatic nitrogens is 3. The van der Waals surface area contributed by atoms with Crippen molar-refractivity contribution in [2.75, 3.05) is 56.3 Å². The molecule has 0 aliphatic carbocycles. The summed E-state index contributed by atoms with van der Waals surface area (Å²) in [5.74, 6) is 2.02. The van der Waals surface area contributed by atoms with Gasteiger partial charge in [0, 0.05) is 32.7 Å². The van der Waals surface area contributed by atoms with Gasteiger partial charge in [0.25, 0.3) is 0 Å². The van der Waals surface area contributed by atoms with Crippen LogP contribution in [0.25, 0.3) is 0 Å². The quantitative estimate of drug-likeness (QED) is 0.801. The molecule has 0 radical (unpaired) electrons. The molecule has 1 aliphatic heterocycles. The van der Waals surface area contributed by atoms with Crippen molar-refractivity contribution in [3.63, 3.8) is 0 Å². The minimum absolute atomic E-state index is 0.417. The van der Waals surface area contributed by atoms with E-state index in [-0.39, 0.29) is 0 Å². The number of likely N-dealkylation sites (N-methyl/N-ethyl adjacent to an activating group) is 1. The molecule has 7 heteroatoms. The van der Waals surface area contributed by atoms with Gasteiger partial charge in [-0.05, 0) is 33.9 Å². The first-order valence-corrected chi connectivity index (χ1v) is 7.19.